The average Bonchev–Trinajstić information content (AvgIpc) is 3.33. The first-order valence-corrected chi connectivity index (χ1v) is 15.1. The van der Waals surface area contributed by atoms with Crippen LogP contribution in [0.15, 0.2) is 115 Å². The molecule has 0 radical (unpaired) electrons. The molecule has 5 heteroatoms. The number of para-hydroxylation sites is 1. The summed E-state index contributed by atoms with van der Waals surface area (Å²) in [6, 6.07) is 37.9. The molecule has 4 aromatic carbocycles. The fraction of sp³-hybridized carbons (Fsp3) is 0.179. The van der Waals surface area contributed by atoms with Gasteiger partial charge in [0, 0.05) is 34.8 Å². The Kier molecular flexibility index (Phi) is 6.81. The zero-order valence-corrected chi connectivity index (χ0v) is 25.9. The highest BCUT2D eigenvalue weighted by Gasteiger charge is 2.26. The predicted octanol–water partition coefficient (Wildman–Crippen LogP) is 10.1. The van der Waals surface area contributed by atoms with E-state index < -0.39 is 0 Å². The third-order valence-corrected chi connectivity index (χ3v) is 8.48. The summed E-state index contributed by atoms with van der Waals surface area (Å²) in [5.74, 6) is 2.56. The van der Waals surface area contributed by atoms with Crippen LogP contribution in [-0.2, 0) is 12.1 Å². The normalized spacial score (nSPS) is 12.5. The first-order valence-electron chi connectivity index (χ1n) is 15.1. The van der Waals surface area contributed by atoms with Crippen LogP contribution in [-0.4, -0.2) is 14.5 Å². The van der Waals surface area contributed by atoms with Crippen molar-refractivity contribution in [1.82, 2.24) is 14.5 Å². The van der Waals surface area contributed by atoms with E-state index in [9.17, 15) is 0 Å². The summed E-state index contributed by atoms with van der Waals surface area (Å²) in [6.45, 7) is 11.6. The van der Waals surface area contributed by atoms with E-state index in [2.05, 4.69) is 141 Å². The van der Waals surface area contributed by atoms with E-state index >= 15 is 0 Å². The van der Waals surface area contributed by atoms with Crippen LogP contribution in [0.3, 0.4) is 0 Å². The molecule has 0 bridgehead atoms. The number of ether oxygens (including phenoxy) is 1. The van der Waals surface area contributed by atoms with Crippen LogP contribution < -0.4 is 9.64 Å². The fourth-order valence-corrected chi connectivity index (χ4v) is 5.88. The highest BCUT2D eigenvalue weighted by Crippen LogP contribution is 2.42. The van der Waals surface area contributed by atoms with Gasteiger partial charge in [0.1, 0.15) is 24.0 Å². The van der Waals surface area contributed by atoms with Gasteiger partial charge in [-0.2, -0.15) is 0 Å². The smallest absolute Gasteiger partial charge is 0.144 e. The maximum absolute atomic E-state index is 6.64. The Morgan fingerprint density at radius 1 is 0.705 bits per heavy atom. The van der Waals surface area contributed by atoms with E-state index in [1.165, 1.54) is 11.3 Å². The number of anilines is 2. The number of rotatable bonds is 5. The number of pyridine rings is 1. The van der Waals surface area contributed by atoms with E-state index in [0.29, 0.717) is 6.67 Å². The van der Waals surface area contributed by atoms with Gasteiger partial charge in [0.15, 0.2) is 0 Å². The minimum absolute atomic E-state index is 0.0241. The van der Waals surface area contributed by atoms with Crippen LogP contribution in [0.4, 0.5) is 11.4 Å². The van der Waals surface area contributed by atoms with Crippen molar-refractivity contribution < 1.29 is 4.74 Å². The number of fused-ring (bicyclic) bond motifs is 3. The van der Waals surface area contributed by atoms with E-state index in [4.69, 9.17) is 14.7 Å². The molecule has 2 aromatic heterocycles. The molecule has 7 rings (SSSR count). The Hall–Kier alpha value is -5.16. The molecule has 0 N–H and O–H groups in total. The summed E-state index contributed by atoms with van der Waals surface area (Å²) >= 11 is 0. The number of benzene rings is 4. The van der Waals surface area contributed by atoms with E-state index in [1.54, 1.807) is 0 Å². The molecule has 218 valence electrons. The molecule has 0 saturated carbocycles. The van der Waals surface area contributed by atoms with Crippen LogP contribution in [0.5, 0.6) is 11.5 Å². The van der Waals surface area contributed by atoms with Gasteiger partial charge in [-0.1, -0.05) is 69.3 Å². The molecule has 0 spiro atoms. The van der Waals surface area contributed by atoms with Gasteiger partial charge in [0.05, 0.1) is 17.1 Å². The quantitative estimate of drug-likeness (QED) is 0.205. The topological polar surface area (TPSA) is 43.2 Å². The largest absolute Gasteiger partial charge is 0.457 e. The summed E-state index contributed by atoms with van der Waals surface area (Å²) in [6.07, 6.45) is 1.90. The molecule has 0 unspecified atom stereocenters. The van der Waals surface area contributed by atoms with E-state index in [-0.39, 0.29) is 5.41 Å². The molecule has 6 aromatic rings. The third-order valence-electron chi connectivity index (χ3n) is 8.48. The number of imidazole rings is 1. The van der Waals surface area contributed by atoms with Crippen molar-refractivity contribution in [3.8, 4) is 45.3 Å². The third kappa shape index (κ3) is 5.15. The number of aryl methyl sites for hydroxylation is 1. The summed E-state index contributed by atoms with van der Waals surface area (Å²) in [5, 5.41) is 0. The minimum Gasteiger partial charge on any atom is -0.457 e. The minimum atomic E-state index is 0.0241. The second-order valence-corrected chi connectivity index (χ2v) is 12.5. The second-order valence-electron chi connectivity index (χ2n) is 12.5. The molecule has 0 aliphatic carbocycles. The molecular formula is C39H36N4O. The molecular weight excluding hydrogens is 540 g/mol. The zero-order chi connectivity index (χ0) is 30.4. The zero-order valence-electron chi connectivity index (χ0n) is 25.9. The van der Waals surface area contributed by atoms with Crippen molar-refractivity contribution in [3.05, 3.63) is 132 Å². The van der Waals surface area contributed by atoms with Crippen molar-refractivity contribution in [3.63, 3.8) is 0 Å². The molecule has 5 nitrogen and oxygen atoms in total. The van der Waals surface area contributed by atoms with Gasteiger partial charge in [-0.05, 0) is 90.6 Å². The Balaban J connectivity index is 1.27. The Labute approximate surface area is 259 Å². The van der Waals surface area contributed by atoms with Crippen molar-refractivity contribution in [2.45, 2.75) is 46.7 Å². The molecule has 0 atom stereocenters. The summed E-state index contributed by atoms with van der Waals surface area (Å²) in [4.78, 5) is 12.0. The lowest BCUT2D eigenvalue weighted by Crippen LogP contribution is -2.26. The highest BCUT2D eigenvalue weighted by molar-refractivity contribution is 5.82. The maximum atomic E-state index is 6.64. The van der Waals surface area contributed by atoms with Crippen molar-refractivity contribution >= 4 is 11.4 Å². The number of nitrogens with zero attached hydrogens (tertiary/aromatic N) is 4. The monoisotopic (exact) mass is 576 g/mol. The van der Waals surface area contributed by atoms with Crippen LogP contribution in [0, 0.1) is 13.8 Å². The van der Waals surface area contributed by atoms with Gasteiger partial charge in [-0.15, -0.1) is 0 Å². The Bertz CT molecular complexity index is 1980. The van der Waals surface area contributed by atoms with E-state index in [1.807, 2.05) is 18.3 Å². The van der Waals surface area contributed by atoms with Gasteiger partial charge in [0.25, 0.3) is 0 Å². The SMILES string of the molecule is Cc1nc2n(c1C)CN(c1cccc(Oc3cc(-c4ccccc4)cc(-c4cc(C(C)(C)C)ccn4)c3)c1)c1ccccc1-2. The lowest BCUT2D eigenvalue weighted by atomic mass is 9.87. The number of hydrogen-bond acceptors (Lipinski definition) is 4. The highest BCUT2D eigenvalue weighted by atomic mass is 16.5. The fourth-order valence-electron chi connectivity index (χ4n) is 5.88. The molecule has 0 saturated heterocycles. The maximum Gasteiger partial charge on any atom is 0.144 e. The van der Waals surface area contributed by atoms with Crippen LogP contribution >= 0.6 is 0 Å². The van der Waals surface area contributed by atoms with Gasteiger partial charge < -0.3 is 14.2 Å². The number of aromatic nitrogens is 3. The first kappa shape index (κ1) is 27.7. The molecule has 0 fully saturated rings. The predicted molar refractivity (Wildman–Crippen MR) is 180 cm³/mol. The van der Waals surface area contributed by atoms with Gasteiger partial charge in [-0.25, -0.2) is 4.98 Å². The molecule has 1 aliphatic rings. The Morgan fingerprint density at radius 2 is 1.48 bits per heavy atom. The lowest BCUT2D eigenvalue weighted by Gasteiger charge is -2.33. The first-order chi connectivity index (χ1) is 21.2. The van der Waals surface area contributed by atoms with Crippen molar-refractivity contribution in [1.29, 1.82) is 0 Å². The standard InChI is InChI=1S/C39H36N4O/c1-26-27(2)42-25-43(37-17-10-9-16-35(37)38(42)41-26)32-14-11-15-33(24-32)44-34-21-29(28-12-7-6-8-13-28)20-30(22-34)36-23-31(18-19-40-36)39(3,4)5/h6-24H,25H2,1-5H3. The van der Waals surface area contributed by atoms with Crippen LogP contribution in [0.25, 0.3) is 33.8 Å². The lowest BCUT2D eigenvalue weighted by molar-refractivity contribution is 0.483. The van der Waals surface area contributed by atoms with Gasteiger partial charge in [0.2, 0.25) is 0 Å². The van der Waals surface area contributed by atoms with Crippen molar-refractivity contribution in [2.75, 3.05) is 4.90 Å². The van der Waals surface area contributed by atoms with Gasteiger partial charge in [-0.3, -0.25) is 4.98 Å². The molecule has 44 heavy (non-hydrogen) atoms. The molecule has 0 amide bonds. The van der Waals surface area contributed by atoms with Crippen molar-refractivity contribution in [2.24, 2.45) is 0 Å². The molecule has 1 aliphatic heterocycles. The Morgan fingerprint density at radius 3 is 2.30 bits per heavy atom. The summed E-state index contributed by atoms with van der Waals surface area (Å²) < 4.78 is 8.93. The van der Waals surface area contributed by atoms with Gasteiger partial charge >= 0.3 is 0 Å². The van der Waals surface area contributed by atoms with Crippen LogP contribution in [0.1, 0.15) is 37.7 Å². The van der Waals surface area contributed by atoms with E-state index in [0.717, 1.165) is 62.3 Å². The summed E-state index contributed by atoms with van der Waals surface area (Å²) in [7, 11) is 0. The van der Waals surface area contributed by atoms with Crippen LogP contribution in [0.2, 0.25) is 0 Å². The average molecular weight is 577 g/mol. The second kappa shape index (κ2) is 10.8. The summed E-state index contributed by atoms with van der Waals surface area (Å²) in [5.41, 5.74) is 11.0. The molecule has 3 heterocycles. The number of hydrogen-bond donors (Lipinski definition) is 0.